The second-order valence-corrected chi connectivity index (χ2v) is 7.83. The fourth-order valence-electron chi connectivity index (χ4n) is 2.65. The van der Waals surface area contributed by atoms with E-state index in [9.17, 15) is 9.59 Å². The van der Waals surface area contributed by atoms with E-state index in [4.69, 9.17) is 21.1 Å². The van der Waals surface area contributed by atoms with Gasteiger partial charge < -0.3 is 19.7 Å². The number of methoxy groups -OCH3 is 1. The van der Waals surface area contributed by atoms with Gasteiger partial charge in [0.15, 0.2) is 11.5 Å². The lowest BCUT2D eigenvalue weighted by Gasteiger charge is -2.19. The van der Waals surface area contributed by atoms with E-state index < -0.39 is 0 Å². The first kappa shape index (κ1) is 23.0. The molecular weight excluding hydrogens is 460 g/mol. The summed E-state index contributed by atoms with van der Waals surface area (Å²) < 4.78 is 11.8. The quantitative estimate of drug-likeness (QED) is 0.579. The molecule has 29 heavy (non-hydrogen) atoms. The lowest BCUT2D eigenvalue weighted by molar-refractivity contribution is -0.116. The van der Waals surface area contributed by atoms with Gasteiger partial charge >= 0.3 is 0 Å². The molecule has 0 spiro atoms. The van der Waals surface area contributed by atoms with Crippen LogP contribution >= 0.6 is 27.5 Å². The minimum atomic E-state index is -0.352. The molecule has 0 aliphatic carbocycles. The SMILES string of the molecule is CCCOc1c(Cl)cc(C(=O)N(C)CC(=O)Nc2ccc(Br)cc2C)cc1OC. The van der Waals surface area contributed by atoms with Gasteiger partial charge in [-0.15, -0.1) is 0 Å². The summed E-state index contributed by atoms with van der Waals surface area (Å²) in [5, 5.41) is 3.10. The van der Waals surface area contributed by atoms with Gasteiger partial charge in [-0.1, -0.05) is 34.5 Å². The van der Waals surface area contributed by atoms with E-state index in [2.05, 4.69) is 21.2 Å². The van der Waals surface area contributed by atoms with E-state index in [1.807, 2.05) is 26.0 Å². The number of benzene rings is 2. The highest BCUT2D eigenvalue weighted by atomic mass is 79.9. The molecule has 0 radical (unpaired) electrons. The van der Waals surface area contributed by atoms with Crippen LogP contribution in [0.4, 0.5) is 5.69 Å². The molecule has 1 N–H and O–H groups in total. The number of carbonyl (C=O) groups excluding carboxylic acids is 2. The maximum absolute atomic E-state index is 12.8. The number of nitrogens with one attached hydrogen (secondary N) is 1. The van der Waals surface area contributed by atoms with Crippen LogP contribution in [0.25, 0.3) is 0 Å². The van der Waals surface area contributed by atoms with Crippen molar-refractivity contribution in [3.05, 3.63) is 51.0 Å². The van der Waals surface area contributed by atoms with Gasteiger partial charge in [-0.05, 0) is 49.2 Å². The third-order valence-electron chi connectivity index (χ3n) is 4.12. The molecule has 2 aromatic rings. The Morgan fingerprint density at radius 3 is 2.59 bits per heavy atom. The summed E-state index contributed by atoms with van der Waals surface area (Å²) in [6, 6.07) is 8.63. The first-order valence-corrected chi connectivity index (χ1v) is 10.3. The molecule has 0 unspecified atom stereocenters. The largest absolute Gasteiger partial charge is 0.493 e. The number of likely N-dealkylation sites (N-methyl/N-ethyl adjacent to an activating group) is 1. The summed E-state index contributed by atoms with van der Waals surface area (Å²) in [5.74, 6) is 0.124. The second-order valence-electron chi connectivity index (χ2n) is 6.51. The maximum atomic E-state index is 12.8. The third-order valence-corrected chi connectivity index (χ3v) is 4.89. The van der Waals surface area contributed by atoms with Crippen molar-refractivity contribution in [2.75, 3.05) is 32.6 Å². The molecule has 0 saturated heterocycles. The topological polar surface area (TPSA) is 67.9 Å². The highest BCUT2D eigenvalue weighted by molar-refractivity contribution is 9.10. The van der Waals surface area contributed by atoms with Gasteiger partial charge in [0.2, 0.25) is 5.91 Å². The molecule has 0 aliphatic rings. The summed E-state index contributed by atoms with van der Waals surface area (Å²) in [6.45, 7) is 4.25. The molecular formula is C21H24BrClN2O4. The van der Waals surface area contributed by atoms with Crippen LogP contribution in [0.3, 0.4) is 0 Å². The predicted octanol–water partition coefficient (Wildman–Crippen LogP) is 4.92. The molecule has 0 bridgehead atoms. The summed E-state index contributed by atoms with van der Waals surface area (Å²) in [4.78, 5) is 26.5. The number of aryl methyl sites for hydroxylation is 1. The zero-order chi connectivity index (χ0) is 21.6. The Hall–Kier alpha value is -2.25. The molecule has 0 heterocycles. The van der Waals surface area contributed by atoms with Crippen molar-refractivity contribution in [3.8, 4) is 11.5 Å². The second kappa shape index (κ2) is 10.5. The van der Waals surface area contributed by atoms with Crippen molar-refractivity contribution < 1.29 is 19.1 Å². The Kier molecular flexibility index (Phi) is 8.34. The van der Waals surface area contributed by atoms with Crippen molar-refractivity contribution >= 4 is 45.0 Å². The van der Waals surface area contributed by atoms with Crippen LogP contribution in [0.1, 0.15) is 29.3 Å². The Morgan fingerprint density at radius 1 is 1.24 bits per heavy atom. The number of anilines is 1. The lowest BCUT2D eigenvalue weighted by Crippen LogP contribution is -2.35. The molecule has 8 heteroatoms. The summed E-state index contributed by atoms with van der Waals surface area (Å²) >= 11 is 9.67. The number of nitrogens with zero attached hydrogens (tertiary/aromatic N) is 1. The van der Waals surface area contributed by atoms with Gasteiger partial charge in [0.25, 0.3) is 5.91 Å². The van der Waals surface area contributed by atoms with Gasteiger partial charge in [0.05, 0.1) is 25.3 Å². The van der Waals surface area contributed by atoms with E-state index in [0.717, 1.165) is 16.5 Å². The number of rotatable bonds is 8. The van der Waals surface area contributed by atoms with Gasteiger partial charge in [0, 0.05) is 22.8 Å². The molecule has 0 aromatic heterocycles. The zero-order valence-electron chi connectivity index (χ0n) is 16.8. The van der Waals surface area contributed by atoms with E-state index in [-0.39, 0.29) is 23.4 Å². The van der Waals surface area contributed by atoms with Gasteiger partial charge in [0.1, 0.15) is 0 Å². The molecule has 6 nitrogen and oxygen atoms in total. The van der Waals surface area contributed by atoms with Crippen LogP contribution in [0.15, 0.2) is 34.8 Å². The molecule has 2 aromatic carbocycles. The normalized spacial score (nSPS) is 10.4. The van der Waals surface area contributed by atoms with Crippen LogP contribution in [0.5, 0.6) is 11.5 Å². The van der Waals surface area contributed by atoms with E-state index >= 15 is 0 Å². The number of hydrogen-bond donors (Lipinski definition) is 1. The molecule has 0 saturated carbocycles. The first-order valence-electron chi connectivity index (χ1n) is 9.08. The molecule has 156 valence electrons. The highest BCUT2D eigenvalue weighted by Gasteiger charge is 2.20. The van der Waals surface area contributed by atoms with Crippen molar-refractivity contribution in [1.82, 2.24) is 4.90 Å². The number of amides is 2. The molecule has 0 aliphatic heterocycles. The van der Waals surface area contributed by atoms with E-state index in [1.54, 1.807) is 19.2 Å². The predicted molar refractivity (Wildman–Crippen MR) is 118 cm³/mol. The third kappa shape index (κ3) is 6.11. The summed E-state index contributed by atoms with van der Waals surface area (Å²) in [7, 11) is 3.04. The highest BCUT2D eigenvalue weighted by Crippen LogP contribution is 2.36. The number of ether oxygens (including phenoxy) is 2. The Bertz CT molecular complexity index is 904. The van der Waals surface area contributed by atoms with Crippen LogP contribution < -0.4 is 14.8 Å². The fraction of sp³-hybridized carbons (Fsp3) is 0.333. The van der Waals surface area contributed by atoms with Crippen LogP contribution in [-0.2, 0) is 4.79 Å². The van der Waals surface area contributed by atoms with Crippen molar-refractivity contribution in [2.45, 2.75) is 20.3 Å². The Labute approximate surface area is 184 Å². The summed E-state index contributed by atoms with van der Waals surface area (Å²) in [5.41, 5.74) is 1.92. The van der Waals surface area contributed by atoms with Gasteiger partial charge in [-0.25, -0.2) is 0 Å². The molecule has 2 amide bonds. The van der Waals surface area contributed by atoms with Crippen molar-refractivity contribution in [3.63, 3.8) is 0 Å². The number of halogens is 2. The molecule has 0 atom stereocenters. The number of carbonyl (C=O) groups is 2. The molecule has 2 rings (SSSR count). The molecule has 0 fully saturated rings. The monoisotopic (exact) mass is 482 g/mol. The van der Waals surface area contributed by atoms with Crippen LogP contribution in [0, 0.1) is 6.92 Å². The van der Waals surface area contributed by atoms with Gasteiger partial charge in [-0.2, -0.15) is 0 Å². The maximum Gasteiger partial charge on any atom is 0.254 e. The minimum absolute atomic E-state index is 0.109. The van der Waals surface area contributed by atoms with Crippen molar-refractivity contribution in [1.29, 1.82) is 0 Å². The zero-order valence-corrected chi connectivity index (χ0v) is 19.2. The van der Waals surface area contributed by atoms with Gasteiger partial charge in [-0.3, -0.25) is 9.59 Å². The smallest absolute Gasteiger partial charge is 0.254 e. The average molecular weight is 484 g/mol. The number of hydrogen-bond acceptors (Lipinski definition) is 4. The Morgan fingerprint density at radius 2 is 1.97 bits per heavy atom. The lowest BCUT2D eigenvalue weighted by atomic mass is 10.1. The minimum Gasteiger partial charge on any atom is -0.493 e. The Balaban J connectivity index is 2.10. The van der Waals surface area contributed by atoms with Crippen LogP contribution in [-0.4, -0.2) is 44.0 Å². The van der Waals surface area contributed by atoms with Crippen molar-refractivity contribution in [2.24, 2.45) is 0 Å². The van der Waals surface area contributed by atoms with Crippen LogP contribution in [0.2, 0.25) is 5.02 Å². The fourth-order valence-corrected chi connectivity index (χ4v) is 3.39. The standard InChI is InChI=1S/C21H24BrClN2O4/c1-5-8-29-20-16(23)10-14(11-18(20)28-4)21(27)25(3)12-19(26)24-17-7-6-15(22)9-13(17)2/h6-7,9-11H,5,8,12H2,1-4H3,(H,24,26). The van der Waals surface area contributed by atoms with E-state index in [0.29, 0.717) is 29.4 Å². The summed E-state index contributed by atoms with van der Waals surface area (Å²) in [6.07, 6.45) is 0.815. The first-order chi connectivity index (χ1) is 13.8. The van der Waals surface area contributed by atoms with E-state index in [1.165, 1.54) is 18.1 Å². The average Bonchev–Trinajstić information content (AvgIpc) is 2.68.